The molecular weight excluding hydrogens is 434 g/mol. The minimum Gasteiger partial charge on any atom is -0.497 e. The van der Waals surface area contributed by atoms with Gasteiger partial charge in [0.05, 0.1) is 25.7 Å². The number of rotatable bonds is 7. The molecule has 2 aromatic heterocycles. The Kier molecular flexibility index (Phi) is 6.77. The Balaban J connectivity index is 1.44. The van der Waals surface area contributed by atoms with Crippen LogP contribution in [0.2, 0.25) is 0 Å². The zero-order valence-corrected chi connectivity index (χ0v) is 19.4. The van der Waals surface area contributed by atoms with Crippen LogP contribution in [-0.4, -0.2) is 53.9 Å². The Morgan fingerprint density at radius 2 is 2.19 bits per heavy atom. The zero-order chi connectivity index (χ0) is 21.8. The van der Waals surface area contributed by atoms with E-state index in [0.717, 1.165) is 27.9 Å². The first-order valence-electron chi connectivity index (χ1n) is 10.1. The van der Waals surface area contributed by atoms with Crippen LogP contribution in [0.5, 0.6) is 11.5 Å². The molecule has 31 heavy (non-hydrogen) atoms. The van der Waals surface area contributed by atoms with Crippen LogP contribution in [0, 0.1) is 5.92 Å². The molecule has 8 nitrogen and oxygen atoms in total. The largest absolute Gasteiger partial charge is 0.497 e. The predicted octanol–water partition coefficient (Wildman–Crippen LogP) is 4.07. The van der Waals surface area contributed by atoms with Crippen LogP contribution < -0.4 is 19.7 Å². The van der Waals surface area contributed by atoms with Crippen molar-refractivity contribution in [2.45, 2.75) is 24.8 Å². The highest BCUT2D eigenvalue weighted by atomic mass is 32.2. The summed E-state index contributed by atoms with van der Waals surface area (Å²) in [6.45, 7) is 4.31. The van der Waals surface area contributed by atoms with Crippen molar-refractivity contribution in [1.29, 1.82) is 0 Å². The number of methoxy groups -OCH3 is 2. The molecule has 0 aliphatic carbocycles. The van der Waals surface area contributed by atoms with E-state index in [2.05, 4.69) is 27.1 Å². The average Bonchev–Trinajstić information content (AvgIpc) is 3.23. The molecule has 1 unspecified atom stereocenters. The van der Waals surface area contributed by atoms with Gasteiger partial charge in [-0.3, -0.25) is 4.79 Å². The van der Waals surface area contributed by atoms with E-state index in [4.69, 9.17) is 14.5 Å². The highest BCUT2D eigenvalue weighted by molar-refractivity contribution is 8.00. The molecule has 0 spiro atoms. The van der Waals surface area contributed by atoms with Crippen molar-refractivity contribution < 1.29 is 14.3 Å². The van der Waals surface area contributed by atoms with Crippen LogP contribution >= 0.6 is 23.1 Å². The van der Waals surface area contributed by atoms with Crippen LogP contribution in [0.3, 0.4) is 0 Å². The lowest BCUT2D eigenvalue weighted by Gasteiger charge is -2.30. The summed E-state index contributed by atoms with van der Waals surface area (Å²) >= 11 is 2.98. The first-order chi connectivity index (χ1) is 15.1. The Hall–Kier alpha value is -2.59. The molecule has 1 atom stereocenters. The summed E-state index contributed by atoms with van der Waals surface area (Å²) in [5, 5.41) is 4.65. The van der Waals surface area contributed by atoms with E-state index >= 15 is 0 Å². The van der Waals surface area contributed by atoms with Gasteiger partial charge in [-0.2, -0.15) is 4.98 Å². The van der Waals surface area contributed by atoms with E-state index in [1.54, 1.807) is 43.8 Å². The van der Waals surface area contributed by atoms with Crippen LogP contribution in [-0.2, 0) is 4.79 Å². The number of aromatic nitrogens is 3. The molecule has 1 amide bonds. The second-order valence-corrected chi connectivity index (χ2v) is 9.37. The third kappa shape index (κ3) is 5.01. The number of hydrogen-bond donors (Lipinski definition) is 1. The number of fused-ring (bicyclic) bond motifs is 1. The highest BCUT2D eigenvalue weighted by Crippen LogP contribution is 2.35. The first kappa shape index (κ1) is 21.6. The van der Waals surface area contributed by atoms with E-state index in [-0.39, 0.29) is 11.7 Å². The van der Waals surface area contributed by atoms with Crippen molar-refractivity contribution in [2.75, 3.05) is 43.3 Å². The molecule has 3 aromatic rings. The lowest BCUT2D eigenvalue weighted by molar-refractivity contribution is -0.113. The van der Waals surface area contributed by atoms with Gasteiger partial charge in [0.2, 0.25) is 5.91 Å². The summed E-state index contributed by atoms with van der Waals surface area (Å²) in [7, 11) is 3.14. The second kappa shape index (κ2) is 9.69. The number of thiazole rings is 1. The van der Waals surface area contributed by atoms with Gasteiger partial charge in [0, 0.05) is 19.2 Å². The van der Waals surface area contributed by atoms with E-state index in [1.165, 1.54) is 30.9 Å². The van der Waals surface area contributed by atoms with Gasteiger partial charge < -0.3 is 19.7 Å². The lowest BCUT2D eigenvalue weighted by Crippen LogP contribution is -2.34. The van der Waals surface area contributed by atoms with Crippen molar-refractivity contribution in [3.05, 3.63) is 24.5 Å². The fourth-order valence-electron chi connectivity index (χ4n) is 3.55. The number of piperidine rings is 1. The summed E-state index contributed by atoms with van der Waals surface area (Å²) in [5.41, 5.74) is 1.29. The summed E-state index contributed by atoms with van der Waals surface area (Å²) in [5.74, 6) is 1.95. The van der Waals surface area contributed by atoms with Gasteiger partial charge in [0.15, 0.2) is 10.8 Å². The van der Waals surface area contributed by atoms with E-state index < -0.39 is 0 Å². The van der Waals surface area contributed by atoms with Gasteiger partial charge in [-0.25, -0.2) is 9.97 Å². The molecule has 1 aliphatic heterocycles. The SMILES string of the molecule is COc1ccc(NC(=O)CSc2ncnc3nc(N4CCCC(C)C4)sc23)c(OC)c1. The third-order valence-electron chi connectivity index (χ3n) is 5.10. The molecule has 10 heteroatoms. The topological polar surface area (TPSA) is 89.5 Å². The van der Waals surface area contributed by atoms with Crippen LogP contribution in [0.1, 0.15) is 19.8 Å². The van der Waals surface area contributed by atoms with E-state index in [9.17, 15) is 4.79 Å². The highest BCUT2D eigenvalue weighted by Gasteiger charge is 2.21. The fourth-order valence-corrected chi connectivity index (χ4v) is 5.47. The molecule has 3 heterocycles. The number of hydrogen-bond acceptors (Lipinski definition) is 9. The van der Waals surface area contributed by atoms with Crippen molar-refractivity contribution in [3.8, 4) is 11.5 Å². The van der Waals surface area contributed by atoms with Crippen molar-refractivity contribution in [2.24, 2.45) is 5.92 Å². The molecule has 0 saturated carbocycles. The van der Waals surface area contributed by atoms with Crippen LogP contribution in [0.25, 0.3) is 10.3 Å². The first-order valence-corrected chi connectivity index (χ1v) is 11.9. The predicted molar refractivity (Wildman–Crippen MR) is 125 cm³/mol. The Morgan fingerprint density at radius 1 is 1.32 bits per heavy atom. The monoisotopic (exact) mass is 459 g/mol. The molecule has 0 bridgehead atoms. The maximum Gasteiger partial charge on any atom is 0.234 e. The molecule has 1 aromatic carbocycles. The van der Waals surface area contributed by atoms with Gasteiger partial charge >= 0.3 is 0 Å². The molecule has 1 fully saturated rings. The van der Waals surface area contributed by atoms with Gasteiger partial charge in [0.1, 0.15) is 27.6 Å². The number of thioether (sulfide) groups is 1. The number of anilines is 2. The normalized spacial score (nSPS) is 16.4. The van der Waals surface area contributed by atoms with Gasteiger partial charge in [0.25, 0.3) is 0 Å². The molecule has 1 aliphatic rings. The zero-order valence-electron chi connectivity index (χ0n) is 17.8. The van der Waals surface area contributed by atoms with Crippen molar-refractivity contribution in [3.63, 3.8) is 0 Å². The molecular formula is C21H25N5O3S2. The average molecular weight is 460 g/mol. The summed E-state index contributed by atoms with van der Waals surface area (Å²) < 4.78 is 11.5. The minimum atomic E-state index is -0.144. The smallest absolute Gasteiger partial charge is 0.234 e. The fraction of sp³-hybridized carbons (Fsp3) is 0.429. The maximum absolute atomic E-state index is 12.6. The Morgan fingerprint density at radius 3 is 2.97 bits per heavy atom. The van der Waals surface area contributed by atoms with Crippen molar-refractivity contribution in [1.82, 2.24) is 15.0 Å². The molecule has 164 valence electrons. The Labute approximate surface area is 189 Å². The maximum atomic E-state index is 12.6. The number of carbonyl (C=O) groups excluding carboxylic acids is 1. The van der Waals surface area contributed by atoms with E-state index in [0.29, 0.717) is 28.8 Å². The number of nitrogens with zero attached hydrogens (tertiary/aromatic N) is 4. The third-order valence-corrected chi connectivity index (χ3v) is 7.33. The Bertz CT molecular complexity index is 1070. The minimum absolute atomic E-state index is 0.144. The van der Waals surface area contributed by atoms with Gasteiger partial charge in [-0.05, 0) is 30.9 Å². The van der Waals surface area contributed by atoms with Gasteiger partial charge in [-0.1, -0.05) is 30.0 Å². The summed E-state index contributed by atoms with van der Waals surface area (Å²) in [6, 6.07) is 5.27. The standard InChI is InChI=1S/C21H25N5O3S2/c1-13-5-4-8-26(10-13)21-25-19-18(31-21)20(23-12-22-19)30-11-17(27)24-15-7-6-14(28-2)9-16(15)29-3/h6-7,9,12-13H,4-5,8,10-11H2,1-3H3,(H,24,27). The summed E-state index contributed by atoms with van der Waals surface area (Å²) in [6.07, 6.45) is 3.95. The summed E-state index contributed by atoms with van der Waals surface area (Å²) in [4.78, 5) is 28.3. The molecule has 0 radical (unpaired) electrons. The molecule has 1 N–H and O–H groups in total. The quantitative estimate of drug-likeness (QED) is 0.418. The van der Waals surface area contributed by atoms with Crippen molar-refractivity contribution >= 4 is 50.2 Å². The molecule has 4 rings (SSSR count). The number of carbonyl (C=O) groups is 1. The van der Waals surface area contributed by atoms with Crippen LogP contribution in [0.4, 0.5) is 10.8 Å². The van der Waals surface area contributed by atoms with Crippen LogP contribution in [0.15, 0.2) is 29.6 Å². The number of amides is 1. The number of benzene rings is 1. The van der Waals surface area contributed by atoms with E-state index in [1.807, 2.05) is 0 Å². The lowest BCUT2D eigenvalue weighted by atomic mass is 10.0. The number of nitrogens with one attached hydrogen (secondary N) is 1. The molecule has 1 saturated heterocycles. The number of ether oxygens (including phenoxy) is 2. The second-order valence-electron chi connectivity index (χ2n) is 7.42. The van der Waals surface area contributed by atoms with Gasteiger partial charge in [-0.15, -0.1) is 0 Å².